The summed E-state index contributed by atoms with van der Waals surface area (Å²) < 4.78 is 5.40. The van der Waals surface area contributed by atoms with Crippen molar-refractivity contribution in [3.05, 3.63) is 72.2 Å². The van der Waals surface area contributed by atoms with Gasteiger partial charge in [-0.25, -0.2) is 0 Å². The first kappa shape index (κ1) is 14.9. The van der Waals surface area contributed by atoms with Crippen LogP contribution in [0.1, 0.15) is 22.2 Å². The molecule has 0 spiro atoms. The van der Waals surface area contributed by atoms with Gasteiger partial charge < -0.3 is 14.4 Å². The fraction of sp³-hybridized carbons (Fsp3) is 0.150. The van der Waals surface area contributed by atoms with Crippen molar-refractivity contribution in [3.63, 3.8) is 0 Å². The quantitative estimate of drug-likeness (QED) is 0.617. The molecule has 4 aromatic rings. The number of rotatable bonds is 3. The largest absolute Gasteiger partial charge is 0.361 e. The maximum absolute atomic E-state index is 12.6. The molecule has 3 heterocycles. The molecular weight excluding hydrogens is 328 g/mol. The third-order valence-electron chi connectivity index (χ3n) is 4.79. The zero-order valence-corrected chi connectivity index (χ0v) is 13.9. The van der Waals surface area contributed by atoms with Gasteiger partial charge >= 0.3 is 0 Å². The minimum absolute atomic E-state index is 0.0344. The van der Waals surface area contributed by atoms with Gasteiger partial charge in [-0.2, -0.15) is 4.98 Å². The second kappa shape index (κ2) is 5.84. The first-order valence-corrected chi connectivity index (χ1v) is 8.53. The molecule has 5 rings (SSSR count). The molecule has 0 atom stereocenters. The van der Waals surface area contributed by atoms with Crippen LogP contribution < -0.4 is 0 Å². The highest BCUT2D eigenvalue weighted by atomic mass is 16.5. The zero-order valence-electron chi connectivity index (χ0n) is 13.9. The molecule has 2 aromatic heterocycles. The average Bonchev–Trinajstić information content (AvgIpc) is 3.30. The Labute approximate surface area is 149 Å². The van der Waals surface area contributed by atoms with E-state index in [1.165, 1.54) is 0 Å². The topological polar surface area (TPSA) is 75.0 Å². The van der Waals surface area contributed by atoms with E-state index in [2.05, 4.69) is 15.1 Å². The van der Waals surface area contributed by atoms with Crippen LogP contribution in [0.25, 0.3) is 22.3 Å². The molecule has 0 aliphatic carbocycles. The smallest absolute Gasteiger partial charge is 0.253 e. The van der Waals surface area contributed by atoms with Crippen LogP contribution in [-0.2, 0) is 0 Å². The average molecular weight is 344 g/mol. The molecule has 1 fully saturated rings. The summed E-state index contributed by atoms with van der Waals surface area (Å²) in [4.78, 5) is 22.1. The van der Waals surface area contributed by atoms with Gasteiger partial charge in [0.2, 0.25) is 11.7 Å². The van der Waals surface area contributed by atoms with E-state index >= 15 is 0 Å². The maximum atomic E-state index is 12.6. The number of carbonyl (C=O) groups excluding carboxylic acids is 1. The Bertz CT molecular complexity index is 1080. The number of aromatic nitrogens is 3. The van der Waals surface area contributed by atoms with Crippen LogP contribution >= 0.6 is 0 Å². The molecule has 0 bridgehead atoms. The number of fused-ring (bicyclic) bond motifs is 1. The third-order valence-corrected chi connectivity index (χ3v) is 4.79. The van der Waals surface area contributed by atoms with Gasteiger partial charge in [-0.1, -0.05) is 35.5 Å². The van der Waals surface area contributed by atoms with Gasteiger partial charge in [0, 0.05) is 41.3 Å². The molecule has 1 N–H and O–H groups in total. The zero-order chi connectivity index (χ0) is 17.5. The summed E-state index contributed by atoms with van der Waals surface area (Å²) in [6.45, 7) is 1.20. The summed E-state index contributed by atoms with van der Waals surface area (Å²) in [5.74, 6) is 1.31. The van der Waals surface area contributed by atoms with E-state index in [4.69, 9.17) is 4.52 Å². The number of likely N-dealkylation sites (tertiary alicyclic amines) is 1. The Morgan fingerprint density at radius 2 is 1.96 bits per heavy atom. The fourth-order valence-corrected chi connectivity index (χ4v) is 3.27. The van der Waals surface area contributed by atoms with E-state index in [1.54, 1.807) is 0 Å². The standard InChI is InChI=1S/C20H16N4O2/c25-20(15-6-7-17-14(10-15)8-9-21-17)24-11-16(12-24)19-22-18(23-26-19)13-4-2-1-3-5-13/h1-10,16,21H,11-12H2. The van der Waals surface area contributed by atoms with Crippen molar-refractivity contribution in [1.82, 2.24) is 20.0 Å². The van der Waals surface area contributed by atoms with Crippen LogP contribution in [0.2, 0.25) is 0 Å². The van der Waals surface area contributed by atoms with Crippen LogP contribution in [0.15, 0.2) is 65.3 Å². The van der Waals surface area contributed by atoms with Crippen molar-refractivity contribution in [2.24, 2.45) is 0 Å². The highest BCUT2D eigenvalue weighted by Gasteiger charge is 2.36. The molecule has 1 amide bonds. The number of nitrogens with zero attached hydrogens (tertiary/aromatic N) is 3. The van der Waals surface area contributed by atoms with Crippen LogP contribution in [0.5, 0.6) is 0 Å². The van der Waals surface area contributed by atoms with Gasteiger partial charge in [0.05, 0.1) is 5.92 Å². The van der Waals surface area contributed by atoms with Crippen molar-refractivity contribution in [3.8, 4) is 11.4 Å². The Kier molecular flexibility index (Phi) is 3.35. The monoisotopic (exact) mass is 344 g/mol. The van der Waals surface area contributed by atoms with E-state index in [-0.39, 0.29) is 11.8 Å². The fourth-order valence-electron chi connectivity index (χ4n) is 3.27. The lowest BCUT2D eigenvalue weighted by molar-refractivity contribution is 0.0569. The van der Waals surface area contributed by atoms with E-state index in [9.17, 15) is 4.79 Å². The van der Waals surface area contributed by atoms with Crippen molar-refractivity contribution >= 4 is 16.8 Å². The highest BCUT2D eigenvalue weighted by molar-refractivity contribution is 5.98. The van der Waals surface area contributed by atoms with Gasteiger partial charge in [0.1, 0.15) is 0 Å². The second-order valence-corrected chi connectivity index (χ2v) is 6.51. The number of carbonyl (C=O) groups is 1. The molecule has 0 unspecified atom stereocenters. The van der Waals surface area contributed by atoms with Gasteiger partial charge in [-0.15, -0.1) is 0 Å². The number of amides is 1. The molecule has 1 aliphatic rings. The number of H-pyrrole nitrogens is 1. The molecule has 0 radical (unpaired) electrons. The predicted octanol–water partition coefficient (Wildman–Crippen LogP) is 3.46. The molecule has 6 nitrogen and oxygen atoms in total. The van der Waals surface area contributed by atoms with Gasteiger partial charge in [-0.05, 0) is 24.3 Å². The minimum Gasteiger partial charge on any atom is -0.361 e. The molecule has 128 valence electrons. The summed E-state index contributed by atoms with van der Waals surface area (Å²) in [6.07, 6.45) is 1.87. The Morgan fingerprint density at radius 1 is 1.12 bits per heavy atom. The summed E-state index contributed by atoms with van der Waals surface area (Å²) in [7, 11) is 0. The highest BCUT2D eigenvalue weighted by Crippen LogP contribution is 2.29. The first-order chi connectivity index (χ1) is 12.8. The van der Waals surface area contributed by atoms with E-state index in [1.807, 2.05) is 65.7 Å². The molecule has 1 saturated heterocycles. The third kappa shape index (κ3) is 2.47. The Morgan fingerprint density at radius 3 is 2.81 bits per heavy atom. The molecule has 2 aromatic carbocycles. The van der Waals surface area contributed by atoms with Crippen LogP contribution in [-0.4, -0.2) is 39.0 Å². The minimum atomic E-state index is 0.0344. The normalized spacial score (nSPS) is 14.5. The Balaban J connectivity index is 1.28. The van der Waals surface area contributed by atoms with Crippen molar-refractivity contribution < 1.29 is 9.32 Å². The lowest BCUT2D eigenvalue weighted by atomic mass is 9.98. The number of aromatic amines is 1. The van der Waals surface area contributed by atoms with Gasteiger partial charge in [-0.3, -0.25) is 4.79 Å². The van der Waals surface area contributed by atoms with E-state index in [0.717, 1.165) is 16.5 Å². The summed E-state index contributed by atoms with van der Waals surface area (Å²) in [6, 6.07) is 17.4. The first-order valence-electron chi connectivity index (χ1n) is 8.53. The number of benzene rings is 2. The van der Waals surface area contributed by atoms with Crippen LogP contribution in [0.3, 0.4) is 0 Å². The lowest BCUT2D eigenvalue weighted by Crippen LogP contribution is -2.48. The van der Waals surface area contributed by atoms with Crippen molar-refractivity contribution in [1.29, 1.82) is 0 Å². The molecule has 0 saturated carbocycles. The molecular formula is C20H16N4O2. The predicted molar refractivity (Wildman–Crippen MR) is 96.7 cm³/mol. The van der Waals surface area contributed by atoms with E-state index < -0.39 is 0 Å². The second-order valence-electron chi connectivity index (χ2n) is 6.51. The number of hydrogen-bond acceptors (Lipinski definition) is 4. The SMILES string of the molecule is O=C(c1ccc2[nH]ccc2c1)N1CC(c2nc(-c3ccccc3)no2)C1. The van der Waals surface area contributed by atoms with Gasteiger partial charge in [0.25, 0.3) is 5.91 Å². The van der Waals surface area contributed by atoms with Crippen molar-refractivity contribution in [2.75, 3.05) is 13.1 Å². The lowest BCUT2D eigenvalue weighted by Gasteiger charge is -2.37. The molecule has 1 aliphatic heterocycles. The van der Waals surface area contributed by atoms with Crippen LogP contribution in [0, 0.1) is 0 Å². The molecule has 6 heteroatoms. The number of hydrogen-bond donors (Lipinski definition) is 1. The summed E-state index contributed by atoms with van der Waals surface area (Å²) >= 11 is 0. The summed E-state index contributed by atoms with van der Waals surface area (Å²) in [5, 5.41) is 5.09. The van der Waals surface area contributed by atoms with E-state index in [0.29, 0.717) is 30.4 Å². The summed E-state index contributed by atoms with van der Waals surface area (Å²) in [5.41, 5.74) is 2.66. The van der Waals surface area contributed by atoms with Gasteiger partial charge in [0.15, 0.2) is 0 Å². The number of nitrogens with one attached hydrogen (secondary N) is 1. The van der Waals surface area contributed by atoms with Crippen molar-refractivity contribution in [2.45, 2.75) is 5.92 Å². The van der Waals surface area contributed by atoms with Crippen LogP contribution in [0.4, 0.5) is 0 Å². The Hall–Kier alpha value is -3.41. The molecule has 26 heavy (non-hydrogen) atoms. The maximum Gasteiger partial charge on any atom is 0.253 e.